The van der Waals surface area contributed by atoms with Crippen molar-refractivity contribution < 1.29 is 61.9 Å². The Labute approximate surface area is 161 Å². The molecule has 0 aromatic rings. The summed E-state index contributed by atoms with van der Waals surface area (Å²) in [4.78, 5) is 11.6. The third-order valence-electron chi connectivity index (χ3n) is 3.82. The first-order valence-corrected chi connectivity index (χ1v) is 7.93. The highest BCUT2D eigenvalue weighted by molar-refractivity contribution is 5.92. The van der Waals surface area contributed by atoms with E-state index in [-0.39, 0.29) is 17.7 Å². The Morgan fingerprint density at radius 3 is 1.50 bits per heavy atom. The Bertz CT molecular complexity index is 639. The van der Waals surface area contributed by atoms with E-state index in [4.69, 9.17) is 0 Å². The second kappa shape index (κ2) is 8.44. The molecule has 0 radical (unpaired) electrons. The normalized spacial score (nSPS) is 14.6. The number of nitrogens with zero attached hydrogens (tertiary/aromatic N) is 1. The van der Waals surface area contributed by atoms with Crippen LogP contribution in [0.25, 0.3) is 0 Å². The molecule has 15 heteroatoms. The van der Waals surface area contributed by atoms with Crippen LogP contribution in [0.15, 0.2) is 12.2 Å². The third-order valence-corrected chi connectivity index (χ3v) is 3.82. The molecule has 0 fully saturated rings. The Hall–Kier alpha value is -1.70. The van der Waals surface area contributed by atoms with Gasteiger partial charge in [0.2, 0.25) is 5.91 Å². The van der Waals surface area contributed by atoms with E-state index in [0.29, 0.717) is 0 Å². The number of unbranched alkanes of at least 4 members (excludes halogenated alkanes) is 1. The highest BCUT2D eigenvalue weighted by Gasteiger charge is 2.90. The van der Waals surface area contributed by atoms with Crippen molar-refractivity contribution in [3.63, 3.8) is 0 Å². The molecular weight excluding hydrogens is 457 g/mol. The molecule has 0 aromatic heterocycles. The van der Waals surface area contributed by atoms with Gasteiger partial charge in [-0.1, -0.05) is 19.9 Å². The van der Waals surface area contributed by atoms with Gasteiger partial charge in [-0.25, -0.2) is 0 Å². The van der Waals surface area contributed by atoms with Gasteiger partial charge in [-0.2, -0.15) is 57.1 Å². The van der Waals surface area contributed by atoms with Gasteiger partial charge in [0.1, 0.15) is 0 Å². The zero-order valence-corrected chi connectivity index (χ0v) is 15.3. The Morgan fingerprint density at radius 1 is 0.767 bits per heavy atom. The smallest absolute Gasteiger partial charge is 0.333 e. The molecule has 0 atom stereocenters. The lowest BCUT2D eigenvalue weighted by Crippen LogP contribution is -2.71. The van der Waals surface area contributed by atoms with Crippen LogP contribution in [-0.4, -0.2) is 59.7 Å². The largest absolute Gasteiger partial charge is 0.460 e. The Balaban J connectivity index is 6.27. The summed E-state index contributed by atoms with van der Waals surface area (Å²) in [5.74, 6) is -38.8. The summed E-state index contributed by atoms with van der Waals surface area (Å²) in [5.41, 5.74) is -0.550. The molecule has 0 spiro atoms. The van der Waals surface area contributed by atoms with E-state index in [2.05, 4.69) is 6.58 Å². The van der Waals surface area contributed by atoms with Crippen LogP contribution in [0, 0.1) is 0 Å². The number of halogens is 13. The predicted octanol–water partition coefficient (Wildman–Crippen LogP) is 5.93. The average molecular weight is 473 g/mol. The van der Waals surface area contributed by atoms with Gasteiger partial charge in [-0.05, 0) is 13.3 Å². The van der Waals surface area contributed by atoms with Crippen LogP contribution >= 0.6 is 0 Å². The van der Waals surface area contributed by atoms with Crippen molar-refractivity contribution in [1.82, 2.24) is 4.90 Å². The van der Waals surface area contributed by atoms with E-state index >= 15 is 0 Å². The van der Waals surface area contributed by atoms with Crippen molar-refractivity contribution in [1.29, 1.82) is 0 Å². The minimum Gasteiger partial charge on any atom is -0.333 e. The lowest BCUT2D eigenvalue weighted by Gasteiger charge is -2.40. The fourth-order valence-electron chi connectivity index (χ4n) is 2.01. The average Bonchev–Trinajstić information content (AvgIpc) is 2.55. The first-order valence-electron chi connectivity index (χ1n) is 7.93. The Morgan fingerprint density at radius 2 is 1.17 bits per heavy atom. The molecule has 0 bridgehead atoms. The second-order valence-electron chi connectivity index (χ2n) is 6.36. The first-order chi connectivity index (χ1) is 13.0. The van der Waals surface area contributed by atoms with Crippen LogP contribution < -0.4 is 0 Å². The molecule has 0 saturated carbocycles. The van der Waals surface area contributed by atoms with Crippen LogP contribution in [0.1, 0.15) is 26.7 Å². The molecule has 0 saturated heterocycles. The summed E-state index contributed by atoms with van der Waals surface area (Å²) in [7, 11) is 0. The molecule has 0 aliphatic carbocycles. The number of carbonyl (C=O) groups is 1. The maximum absolute atomic E-state index is 13.9. The monoisotopic (exact) mass is 473 g/mol. The van der Waals surface area contributed by atoms with Crippen molar-refractivity contribution >= 4 is 5.91 Å². The molecule has 1 amide bonds. The molecule has 0 unspecified atom stereocenters. The molecule has 0 N–H and O–H groups in total. The SMILES string of the molecule is C=C(C)C(=O)N(CCCC)CC(F)(F)C(F)(F)C(F)(F)C(F)(F)C(F)(F)C(F)(F)F. The van der Waals surface area contributed by atoms with Gasteiger partial charge in [0, 0.05) is 12.1 Å². The van der Waals surface area contributed by atoms with Crippen molar-refractivity contribution in [3.8, 4) is 0 Å². The Kier molecular flexibility index (Phi) is 7.96. The summed E-state index contributed by atoms with van der Waals surface area (Å²) in [6, 6.07) is 0. The highest BCUT2D eigenvalue weighted by Crippen LogP contribution is 2.60. The van der Waals surface area contributed by atoms with Crippen LogP contribution in [0.3, 0.4) is 0 Å². The van der Waals surface area contributed by atoms with Crippen molar-refractivity contribution in [2.75, 3.05) is 13.1 Å². The summed E-state index contributed by atoms with van der Waals surface area (Å²) >= 11 is 0. The van der Waals surface area contributed by atoms with Crippen molar-refractivity contribution in [3.05, 3.63) is 12.2 Å². The second-order valence-corrected chi connectivity index (χ2v) is 6.36. The molecule has 0 heterocycles. The predicted molar refractivity (Wildman–Crippen MR) is 77.1 cm³/mol. The molecule has 0 aliphatic heterocycles. The lowest BCUT2D eigenvalue weighted by molar-refractivity contribution is -0.440. The molecule has 0 rings (SSSR count). The van der Waals surface area contributed by atoms with Gasteiger partial charge >= 0.3 is 35.8 Å². The number of carbonyl (C=O) groups excluding carboxylic acids is 1. The fourth-order valence-corrected chi connectivity index (χ4v) is 2.01. The number of amides is 1. The standard InChI is InChI=1S/C15H16F13NO/c1-4-5-6-29(9(30)8(2)3)7-10(16,17)11(18,19)12(20,21)13(22,23)14(24,25)15(26,27)28/h2,4-7H2,1,3H3. The van der Waals surface area contributed by atoms with Gasteiger partial charge in [0.05, 0.1) is 6.54 Å². The zero-order valence-electron chi connectivity index (χ0n) is 15.3. The minimum atomic E-state index is -7.96. The first kappa shape index (κ1) is 28.3. The topological polar surface area (TPSA) is 20.3 Å². The summed E-state index contributed by atoms with van der Waals surface area (Å²) in [6.07, 6.45) is -7.46. The maximum Gasteiger partial charge on any atom is 0.460 e. The molecule has 2 nitrogen and oxygen atoms in total. The summed E-state index contributed by atoms with van der Waals surface area (Å²) < 4.78 is 170. The molecule has 0 aliphatic rings. The van der Waals surface area contributed by atoms with E-state index in [0.717, 1.165) is 6.92 Å². The zero-order chi connectivity index (χ0) is 24.6. The van der Waals surface area contributed by atoms with Gasteiger partial charge in [0.15, 0.2) is 0 Å². The van der Waals surface area contributed by atoms with Gasteiger partial charge < -0.3 is 4.90 Å². The number of rotatable bonds is 10. The van der Waals surface area contributed by atoms with Crippen molar-refractivity contribution in [2.24, 2.45) is 0 Å². The van der Waals surface area contributed by atoms with E-state index in [9.17, 15) is 61.9 Å². The fraction of sp³-hybridized carbons (Fsp3) is 0.800. The number of alkyl halides is 13. The van der Waals surface area contributed by atoms with E-state index in [1.165, 1.54) is 6.92 Å². The quantitative estimate of drug-likeness (QED) is 0.285. The third kappa shape index (κ3) is 4.63. The lowest BCUT2D eigenvalue weighted by atomic mass is 9.93. The van der Waals surface area contributed by atoms with Gasteiger partial charge in [0.25, 0.3) is 0 Å². The van der Waals surface area contributed by atoms with Gasteiger partial charge in [-0.15, -0.1) is 0 Å². The molecule has 30 heavy (non-hydrogen) atoms. The molecule has 0 aromatic carbocycles. The minimum absolute atomic E-state index is 0.153. The van der Waals surface area contributed by atoms with E-state index in [1.807, 2.05) is 0 Å². The van der Waals surface area contributed by atoms with Crippen LogP contribution in [0.5, 0.6) is 0 Å². The summed E-state index contributed by atoms with van der Waals surface area (Å²) in [5, 5.41) is 0. The molecular formula is C15H16F13NO. The number of hydrogen-bond donors (Lipinski definition) is 0. The molecule has 178 valence electrons. The van der Waals surface area contributed by atoms with Crippen LogP contribution in [-0.2, 0) is 4.79 Å². The number of hydrogen-bond acceptors (Lipinski definition) is 1. The maximum atomic E-state index is 13.9. The van der Waals surface area contributed by atoms with E-state index < -0.39 is 60.4 Å². The highest BCUT2D eigenvalue weighted by atomic mass is 19.4. The van der Waals surface area contributed by atoms with Crippen LogP contribution in [0.4, 0.5) is 57.1 Å². The van der Waals surface area contributed by atoms with Crippen LogP contribution in [0.2, 0.25) is 0 Å². The van der Waals surface area contributed by atoms with Crippen molar-refractivity contribution in [2.45, 2.75) is 62.5 Å². The van der Waals surface area contributed by atoms with E-state index in [1.54, 1.807) is 0 Å². The van der Waals surface area contributed by atoms with Gasteiger partial charge in [-0.3, -0.25) is 4.79 Å². The summed E-state index contributed by atoms with van der Waals surface area (Å²) in [6.45, 7) is 1.91.